The van der Waals surface area contributed by atoms with Gasteiger partial charge < -0.3 is 24.8 Å². The minimum Gasteiger partial charge on any atom is -0.494 e. The van der Waals surface area contributed by atoms with Crippen LogP contribution in [0.2, 0.25) is 0 Å². The van der Waals surface area contributed by atoms with Crippen molar-refractivity contribution in [2.24, 2.45) is 4.99 Å². The minimum atomic E-state index is 0. The van der Waals surface area contributed by atoms with E-state index < -0.39 is 0 Å². The molecule has 0 aromatic heterocycles. The summed E-state index contributed by atoms with van der Waals surface area (Å²) in [7, 11) is 3.37. The van der Waals surface area contributed by atoms with Crippen LogP contribution in [0.25, 0.3) is 0 Å². The molecule has 2 N–H and O–H groups in total. The first-order valence-corrected chi connectivity index (χ1v) is 8.73. The smallest absolute Gasteiger partial charge is 0.195 e. The second-order valence-corrected chi connectivity index (χ2v) is 5.44. The van der Waals surface area contributed by atoms with E-state index in [9.17, 15) is 0 Å². The highest BCUT2D eigenvalue weighted by Gasteiger charge is 2.06. The van der Waals surface area contributed by atoms with Gasteiger partial charge in [0.2, 0.25) is 0 Å². The summed E-state index contributed by atoms with van der Waals surface area (Å²) in [4.78, 5) is 4.24. The van der Waals surface area contributed by atoms with Gasteiger partial charge in [0.1, 0.15) is 5.75 Å². The van der Waals surface area contributed by atoms with Gasteiger partial charge in [-0.15, -0.1) is 24.0 Å². The zero-order valence-electron chi connectivity index (χ0n) is 16.0. The Labute approximate surface area is 178 Å². The lowest BCUT2D eigenvalue weighted by Crippen LogP contribution is -2.32. The van der Waals surface area contributed by atoms with Crippen LogP contribution < -0.4 is 24.8 Å². The molecule has 0 radical (unpaired) electrons. The summed E-state index contributed by atoms with van der Waals surface area (Å²) in [5, 5.41) is 6.52. The average molecular weight is 485 g/mol. The molecule has 0 aliphatic heterocycles. The van der Waals surface area contributed by atoms with Crippen LogP contribution in [0.4, 0.5) is 5.69 Å². The first kappa shape index (κ1) is 22.9. The molecule has 2 aromatic rings. The van der Waals surface area contributed by atoms with E-state index in [0.717, 1.165) is 24.4 Å². The van der Waals surface area contributed by atoms with Gasteiger partial charge in [-0.05, 0) is 37.6 Å². The Hall–Kier alpha value is -2.16. The first-order chi connectivity index (χ1) is 12.8. The molecule has 0 fully saturated rings. The third kappa shape index (κ3) is 7.94. The van der Waals surface area contributed by atoms with Crippen LogP contribution in [0.1, 0.15) is 13.3 Å². The summed E-state index contributed by atoms with van der Waals surface area (Å²) in [6.45, 7) is 3.91. The van der Waals surface area contributed by atoms with E-state index in [2.05, 4.69) is 15.6 Å². The van der Waals surface area contributed by atoms with Gasteiger partial charge in [-0.25, -0.2) is 0 Å². The van der Waals surface area contributed by atoms with Gasteiger partial charge in [0.25, 0.3) is 0 Å². The van der Waals surface area contributed by atoms with Crippen molar-refractivity contribution >= 4 is 35.6 Å². The number of ether oxygens (including phenoxy) is 3. The van der Waals surface area contributed by atoms with Crippen molar-refractivity contribution < 1.29 is 14.2 Å². The predicted molar refractivity (Wildman–Crippen MR) is 121 cm³/mol. The van der Waals surface area contributed by atoms with E-state index in [-0.39, 0.29) is 24.0 Å². The maximum absolute atomic E-state index is 5.68. The average Bonchev–Trinajstić information content (AvgIpc) is 2.68. The molecule has 0 aliphatic carbocycles. The van der Waals surface area contributed by atoms with Gasteiger partial charge in [0.05, 0.1) is 20.3 Å². The van der Waals surface area contributed by atoms with Crippen molar-refractivity contribution in [1.82, 2.24) is 5.32 Å². The highest BCUT2D eigenvalue weighted by atomic mass is 127. The zero-order chi connectivity index (χ0) is 18.6. The normalized spacial score (nSPS) is 10.6. The molecule has 6 nitrogen and oxygen atoms in total. The van der Waals surface area contributed by atoms with Gasteiger partial charge >= 0.3 is 0 Å². The summed E-state index contributed by atoms with van der Waals surface area (Å²) in [6, 6.07) is 15.5. The monoisotopic (exact) mass is 485 g/mol. The van der Waals surface area contributed by atoms with Gasteiger partial charge in [-0.1, -0.05) is 18.2 Å². The Bertz CT molecular complexity index is 696. The van der Waals surface area contributed by atoms with Crippen LogP contribution in [0.15, 0.2) is 53.5 Å². The van der Waals surface area contributed by atoms with Crippen LogP contribution >= 0.6 is 24.0 Å². The third-order valence-corrected chi connectivity index (χ3v) is 3.58. The minimum absolute atomic E-state index is 0. The Morgan fingerprint density at radius 3 is 2.48 bits per heavy atom. The summed E-state index contributed by atoms with van der Waals surface area (Å²) in [6.07, 6.45) is 0.863. The number of hydrogen-bond donors (Lipinski definition) is 2. The number of guanidine groups is 1. The lowest BCUT2D eigenvalue weighted by atomic mass is 10.2. The molecule has 27 heavy (non-hydrogen) atoms. The molecule has 0 saturated heterocycles. The highest BCUT2D eigenvalue weighted by Crippen LogP contribution is 2.30. The Morgan fingerprint density at radius 2 is 1.81 bits per heavy atom. The Kier molecular flexibility index (Phi) is 11.1. The topological polar surface area (TPSA) is 64.1 Å². The highest BCUT2D eigenvalue weighted by molar-refractivity contribution is 14.0. The number of rotatable bonds is 9. The SMILES string of the molecule is CCOc1cc(NC(=NC)NCCCOc2ccccc2)ccc1OC.I. The molecular formula is C20H28IN3O3. The van der Waals surface area contributed by atoms with Gasteiger partial charge in [0.15, 0.2) is 17.5 Å². The van der Waals surface area contributed by atoms with Crippen molar-refractivity contribution in [3.63, 3.8) is 0 Å². The molecule has 2 rings (SSSR count). The molecule has 0 saturated carbocycles. The number of anilines is 1. The van der Waals surface area contributed by atoms with Crippen molar-refractivity contribution in [1.29, 1.82) is 0 Å². The maximum atomic E-state index is 5.68. The quantitative estimate of drug-likeness (QED) is 0.242. The molecule has 0 atom stereocenters. The van der Waals surface area contributed by atoms with Gasteiger partial charge in [-0.2, -0.15) is 0 Å². The number of nitrogens with zero attached hydrogens (tertiary/aromatic N) is 1. The number of nitrogens with one attached hydrogen (secondary N) is 2. The lowest BCUT2D eigenvalue weighted by Gasteiger charge is -2.14. The molecule has 0 amide bonds. The van der Waals surface area contributed by atoms with E-state index in [1.807, 2.05) is 55.5 Å². The molecule has 0 spiro atoms. The second-order valence-electron chi connectivity index (χ2n) is 5.44. The number of methoxy groups -OCH3 is 1. The molecular weight excluding hydrogens is 457 g/mol. The van der Waals surface area contributed by atoms with E-state index in [4.69, 9.17) is 14.2 Å². The van der Waals surface area contributed by atoms with Crippen LogP contribution in [0, 0.1) is 0 Å². The molecule has 2 aromatic carbocycles. The van der Waals surface area contributed by atoms with Crippen molar-refractivity contribution in [2.45, 2.75) is 13.3 Å². The molecule has 0 aliphatic rings. The Morgan fingerprint density at radius 1 is 1.04 bits per heavy atom. The van der Waals surface area contributed by atoms with Crippen molar-refractivity contribution in [3.05, 3.63) is 48.5 Å². The molecule has 0 unspecified atom stereocenters. The van der Waals surface area contributed by atoms with Gasteiger partial charge in [-0.3, -0.25) is 4.99 Å². The van der Waals surface area contributed by atoms with Crippen LogP contribution in [0.5, 0.6) is 17.2 Å². The van der Waals surface area contributed by atoms with E-state index in [0.29, 0.717) is 30.7 Å². The van der Waals surface area contributed by atoms with E-state index in [1.165, 1.54) is 0 Å². The van der Waals surface area contributed by atoms with Gasteiger partial charge in [0, 0.05) is 25.3 Å². The fraction of sp³-hybridized carbons (Fsp3) is 0.350. The molecule has 148 valence electrons. The fourth-order valence-corrected chi connectivity index (χ4v) is 2.32. The van der Waals surface area contributed by atoms with Crippen molar-refractivity contribution in [2.75, 3.05) is 39.2 Å². The molecule has 0 heterocycles. The van der Waals surface area contributed by atoms with E-state index >= 15 is 0 Å². The fourth-order valence-electron chi connectivity index (χ4n) is 2.32. The zero-order valence-corrected chi connectivity index (χ0v) is 18.4. The maximum Gasteiger partial charge on any atom is 0.195 e. The summed E-state index contributed by atoms with van der Waals surface area (Å²) in [5.74, 6) is 2.99. The van der Waals surface area contributed by atoms with Crippen LogP contribution in [-0.4, -0.2) is 39.9 Å². The second kappa shape index (κ2) is 13.1. The predicted octanol–water partition coefficient (Wildman–Crippen LogP) is 4.17. The number of aliphatic imine (C=N–C) groups is 1. The standard InChI is InChI=1S/C20H27N3O3.HI/c1-4-25-19-15-16(11-12-18(19)24-3)23-20(21-2)22-13-8-14-26-17-9-6-5-7-10-17;/h5-7,9-12,15H,4,8,13-14H2,1-3H3,(H2,21,22,23);1H. The number of hydrogen-bond acceptors (Lipinski definition) is 4. The van der Waals surface area contributed by atoms with Crippen molar-refractivity contribution in [3.8, 4) is 17.2 Å². The third-order valence-electron chi connectivity index (χ3n) is 3.58. The van der Waals surface area contributed by atoms with Crippen LogP contribution in [0.3, 0.4) is 0 Å². The largest absolute Gasteiger partial charge is 0.494 e. The summed E-state index contributed by atoms with van der Waals surface area (Å²) >= 11 is 0. The first-order valence-electron chi connectivity index (χ1n) is 8.73. The number of halogens is 1. The number of benzene rings is 2. The molecule has 7 heteroatoms. The van der Waals surface area contributed by atoms with E-state index in [1.54, 1.807) is 14.2 Å². The van der Waals surface area contributed by atoms with Crippen LogP contribution in [-0.2, 0) is 0 Å². The number of para-hydroxylation sites is 1. The summed E-state index contributed by atoms with van der Waals surface area (Å²) < 4.78 is 16.6. The Balaban J connectivity index is 0.00000364. The molecule has 0 bridgehead atoms. The lowest BCUT2D eigenvalue weighted by molar-refractivity contribution is 0.311. The summed E-state index contributed by atoms with van der Waals surface area (Å²) in [5.41, 5.74) is 0.878.